The fourth-order valence-electron chi connectivity index (χ4n) is 1.51. The van der Waals surface area contributed by atoms with Gasteiger partial charge in [0.15, 0.2) is 0 Å². The van der Waals surface area contributed by atoms with E-state index in [1.807, 2.05) is 31.2 Å². The van der Waals surface area contributed by atoms with E-state index in [2.05, 4.69) is 5.32 Å². The van der Waals surface area contributed by atoms with Crippen molar-refractivity contribution < 1.29 is 9.53 Å². The number of amides is 1. The third-order valence-electron chi connectivity index (χ3n) is 2.62. The van der Waals surface area contributed by atoms with Crippen molar-refractivity contribution in [3.05, 3.63) is 29.8 Å². The van der Waals surface area contributed by atoms with Gasteiger partial charge in [-0.3, -0.25) is 4.79 Å². The molecule has 1 amide bonds. The molecule has 0 radical (unpaired) electrons. The molecule has 0 aromatic heterocycles. The van der Waals surface area contributed by atoms with E-state index in [1.54, 1.807) is 7.11 Å². The molecule has 4 nitrogen and oxygen atoms in total. The number of hydrogen-bond acceptors (Lipinski definition) is 4. The summed E-state index contributed by atoms with van der Waals surface area (Å²) in [4.78, 5) is 12.6. The minimum absolute atomic E-state index is 0.0446. The molecule has 0 aliphatic rings. The van der Waals surface area contributed by atoms with Crippen molar-refractivity contribution >= 4 is 17.7 Å². The zero-order valence-electron chi connectivity index (χ0n) is 11.5. The summed E-state index contributed by atoms with van der Waals surface area (Å²) < 4.78 is 4.92. The van der Waals surface area contributed by atoms with Crippen molar-refractivity contribution in [2.75, 3.05) is 26.0 Å². The van der Waals surface area contributed by atoms with Crippen LogP contribution in [0.25, 0.3) is 0 Å². The van der Waals surface area contributed by atoms with E-state index >= 15 is 0 Å². The maximum absolute atomic E-state index is 11.6. The number of benzene rings is 1. The van der Waals surface area contributed by atoms with Crippen molar-refractivity contribution in [2.45, 2.75) is 24.3 Å². The van der Waals surface area contributed by atoms with E-state index < -0.39 is 0 Å². The first kappa shape index (κ1) is 16.0. The van der Waals surface area contributed by atoms with E-state index in [1.165, 1.54) is 11.8 Å². The van der Waals surface area contributed by atoms with E-state index in [-0.39, 0.29) is 11.9 Å². The molecule has 0 saturated carbocycles. The van der Waals surface area contributed by atoms with Crippen LogP contribution in [0.3, 0.4) is 0 Å². The third-order valence-corrected chi connectivity index (χ3v) is 3.64. The maximum atomic E-state index is 11.6. The molecule has 0 spiro atoms. The molecular weight excluding hydrogens is 260 g/mol. The highest BCUT2D eigenvalue weighted by molar-refractivity contribution is 8.00. The Labute approximate surface area is 119 Å². The molecule has 3 N–H and O–H groups in total. The lowest BCUT2D eigenvalue weighted by Crippen LogP contribution is -2.26. The Morgan fingerprint density at radius 1 is 1.42 bits per heavy atom. The summed E-state index contributed by atoms with van der Waals surface area (Å²) >= 11 is 1.53. The van der Waals surface area contributed by atoms with Crippen LogP contribution in [0.5, 0.6) is 0 Å². The van der Waals surface area contributed by atoms with Crippen LogP contribution in [0.1, 0.15) is 24.9 Å². The summed E-state index contributed by atoms with van der Waals surface area (Å²) in [6.45, 7) is 3.29. The van der Waals surface area contributed by atoms with Gasteiger partial charge in [0.1, 0.15) is 0 Å². The molecule has 0 fully saturated rings. The second kappa shape index (κ2) is 8.96. The number of nitrogens with two attached hydrogens (primary N) is 1. The molecule has 0 bridgehead atoms. The smallest absolute Gasteiger partial charge is 0.230 e. The highest BCUT2D eigenvalue weighted by Gasteiger charge is 2.03. The Bertz CT molecular complexity index is 380. The van der Waals surface area contributed by atoms with Gasteiger partial charge in [-0.25, -0.2) is 0 Å². The monoisotopic (exact) mass is 282 g/mol. The normalized spacial score (nSPS) is 12.2. The van der Waals surface area contributed by atoms with Crippen LogP contribution in [0.2, 0.25) is 0 Å². The van der Waals surface area contributed by atoms with E-state index in [4.69, 9.17) is 10.5 Å². The molecule has 0 heterocycles. The molecule has 19 heavy (non-hydrogen) atoms. The summed E-state index contributed by atoms with van der Waals surface area (Å²) in [5, 5.41) is 2.86. The van der Waals surface area contributed by atoms with Crippen LogP contribution in [-0.4, -0.2) is 31.9 Å². The van der Waals surface area contributed by atoms with Crippen LogP contribution in [0.4, 0.5) is 0 Å². The number of carbonyl (C=O) groups is 1. The first-order valence-corrected chi connectivity index (χ1v) is 7.36. The molecular formula is C14H22N2O2S. The number of nitrogens with one attached hydrogen (secondary N) is 1. The zero-order valence-corrected chi connectivity index (χ0v) is 12.3. The molecule has 0 aliphatic heterocycles. The van der Waals surface area contributed by atoms with Crippen LogP contribution in [-0.2, 0) is 9.53 Å². The Morgan fingerprint density at radius 3 is 2.68 bits per heavy atom. The first-order valence-electron chi connectivity index (χ1n) is 6.37. The molecule has 1 aromatic carbocycles. The van der Waals surface area contributed by atoms with Gasteiger partial charge in [-0.05, 0) is 31.0 Å². The van der Waals surface area contributed by atoms with Gasteiger partial charge in [-0.1, -0.05) is 12.1 Å². The van der Waals surface area contributed by atoms with Crippen molar-refractivity contribution in [3.8, 4) is 0 Å². The molecule has 0 aliphatic carbocycles. The molecule has 1 atom stereocenters. The number of rotatable bonds is 8. The van der Waals surface area contributed by atoms with Gasteiger partial charge in [-0.2, -0.15) is 0 Å². The number of carbonyl (C=O) groups excluding carboxylic acids is 1. The van der Waals surface area contributed by atoms with Gasteiger partial charge < -0.3 is 15.8 Å². The summed E-state index contributed by atoms with van der Waals surface area (Å²) in [6.07, 6.45) is 0.843. The quantitative estimate of drug-likeness (QED) is 0.565. The number of methoxy groups -OCH3 is 1. The lowest BCUT2D eigenvalue weighted by atomic mass is 10.1. The lowest BCUT2D eigenvalue weighted by molar-refractivity contribution is -0.118. The SMILES string of the molecule is COCCCNC(=O)CSc1ccc(C(C)N)cc1. The average molecular weight is 282 g/mol. The zero-order chi connectivity index (χ0) is 14.1. The van der Waals surface area contributed by atoms with Gasteiger partial charge in [0.2, 0.25) is 5.91 Å². The lowest BCUT2D eigenvalue weighted by Gasteiger charge is -2.07. The van der Waals surface area contributed by atoms with E-state index in [0.717, 1.165) is 16.9 Å². The standard InChI is InChI=1S/C14H22N2O2S/c1-11(15)12-4-6-13(7-5-12)19-10-14(17)16-8-3-9-18-2/h4-7,11H,3,8-10,15H2,1-2H3,(H,16,17). The van der Waals surface area contributed by atoms with Gasteiger partial charge in [-0.15, -0.1) is 11.8 Å². The Morgan fingerprint density at radius 2 is 2.11 bits per heavy atom. The van der Waals surface area contributed by atoms with Crippen molar-refractivity contribution in [3.63, 3.8) is 0 Å². The molecule has 5 heteroatoms. The highest BCUT2D eigenvalue weighted by Crippen LogP contribution is 2.20. The molecule has 1 unspecified atom stereocenters. The summed E-state index contributed by atoms with van der Waals surface area (Å²) in [5.41, 5.74) is 6.89. The third kappa shape index (κ3) is 6.61. The second-order valence-corrected chi connectivity index (χ2v) is 5.39. The predicted molar refractivity (Wildman–Crippen MR) is 79.3 cm³/mol. The topological polar surface area (TPSA) is 64.3 Å². The summed E-state index contributed by atoms with van der Waals surface area (Å²) in [5.74, 6) is 0.488. The van der Waals surface area contributed by atoms with Gasteiger partial charge in [0, 0.05) is 31.2 Å². The van der Waals surface area contributed by atoms with Crippen LogP contribution >= 0.6 is 11.8 Å². The predicted octanol–water partition coefficient (Wildman–Crippen LogP) is 1.95. The first-order chi connectivity index (χ1) is 9.13. The number of thioether (sulfide) groups is 1. The van der Waals surface area contributed by atoms with Crippen LogP contribution in [0, 0.1) is 0 Å². The minimum Gasteiger partial charge on any atom is -0.385 e. The largest absolute Gasteiger partial charge is 0.385 e. The average Bonchev–Trinajstić information content (AvgIpc) is 2.42. The number of ether oxygens (including phenoxy) is 1. The fraction of sp³-hybridized carbons (Fsp3) is 0.500. The maximum Gasteiger partial charge on any atom is 0.230 e. The van der Waals surface area contributed by atoms with Crippen molar-refractivity contribution in [1.29, 1.82) is 0 Å². The van der Waals surface area contributed by atoms with Crippen molar-refractivity contribution in [1.82, 2.24) is 5.32 Å². The molecule has 1 aromatic rings. The number of hydrogen-bond donors (Lipinski definition) is 2. The van der Waals surface area contributed by atoms with Crippen LogP contribution in [0.15, 0.2) is 29.2 Å². The van der Waals surface area contributed by atoms with Gasteiger partial charge in [0.25, 0.3) is 0 Å². The Hall–Kier alpha value is -1.04. The van der Waals surface area contributed by atoms with E-state index in [9.17, 15) is 4.79 Å². The Balaban J connectivity index is 2.26. The van der Waals surface area contributed by atoms with Crippen LogP contribution < -0.4 is 11.1 Å². The fourth-order valence-corrected chi connectivity index (χ4v) is 2.24. The summed E-state index contributed by atoms with van der Waals surface area (Å²) in [6, 6.07) is 8.05. The molecule has 1 rings (SSSR count). The van der Waals surface area contributed by atoms with E-state index in [0.29, 0.717) is 18.9 Å². The highest BCUT2D eigenvalue weighted by atomic mass is 32.2. The minimum atomic E-state index is 0.0446. The molecule has 0 saturated heterocycles. The molecule has 106 valence electrons. The second-order valence-electron chi connectivity index (χ2n) is 4.34. The van der Waals surface area contributed by atoms with Crippen molar-refractivity contribution in [2.24, 2.45) is 5.73 Å². The Kier molecular flexibility index (Phi) is 7.55. The summed E-state index contributed by atoms with van der Waals surface area (Å²) in [7, 11) is 1.66. The van der Waals surface area contributed by atoms with Gasteiger partial charge >= 0.3 is 0 Å². The van der Waals surface area contributed by atoms with Gasteiger partial charge in [0.05, 0.1) is 5.75 Å².